The first kappa shape index (κ1) is 20.7. The second-order valence-corrected chi connectivity index (χ2v) is 7.12. The molecule has 0 fully saturated rings. The van der Waals surface area contributed by atoms with Gasteiger partial charge in [-0.05, 0) is 48.0 Å². The number of fused-ring (bicyclic) bond motifs is 2. The first-order valence-corrected chi connectivity index (χ1v) is 9.66. The van der Waals surface area contributed by atoms with E-state index in [0.29, 0.717) is 50.6 Å². The number of carbonyl (C=O) groups is 1. The van der Waals surface area contributed by atoms with Crippen molar-refractivity contribution in [3.8, 4) is 28.2 Å². The average molecular weight is 425 g/mol. The van der Waals surface area contributed by atoms with Gasteiger partial charge >= 0.3 is 5.97 Å². The van der Waals surface area contributed by atoms with E-state index in [0.717, 1.165) is 0 Å². The molecule has 0 spiro atoms. The molecule has 1 aliphatic carbocycles. The van der Waals surface area contributed by atoms with Crippen LogP contribution < -0.4 is 15.9 Å². The maximum Gasteiger partial charge on any atom is 0.336 e. The molecule has 6 nitrogen and oxygen atoms in total. The molecule has 2 aliphatic rings. The van der Waals surface area contributed by atoms with E-state index in [2.05, 4.69) is 13.2 Å². The SMILES string of the molecule is C=C(N)/C=C\C(=C)Oc1ccc2c(-c3ccccc3C(=O)O)c3ccc(=O)cc-3oc2c1. The minimum Gasteiger partial charge on any atom is -0.478 e. The second kappa shape index (κ2) is 8.28. The topological polar surface area (TPSA) is 103 Å². The highest BCUT2D eigenvalue weighted by atomic mass is 16.5. The normalized spacial score (nSPS) is 11.1. The zero-order valence-electron chi connectivity index (χ0n) is 17.0. The zero-order valence-corrected chi connectivity index (χ0v) is 17.0. The second-order valence-electron chi connectivity index (χ2n) is 7.12. The van der Waals surface area contributed by atoms with Gasteiger partial charge in [-0.15, -0.1) is 0 Å². The van der Waals surface area contributed by atoms with Crippen molar-refractivity contribution in [3.63, 3.8) is 0 Å². The number of benzene rings is 3. The third-order valence-corrected chi connectivity index (χ3v) is 4.82. The number of hydrogen-bond acceptors (Lipinski definition) is 5. The number of ether oxygens (including phenoxy) is 1. The van der Waals surface area contributed by atoms with Gasteiger partial charge < -0.3 is 20.0 Å². The Kier molecular flexibility index (Phi) is 5.35. The van der Waals surface area contributed by atoms with Gasteiger partial charge in [0.05, 0.1) is 5.56 Å². The highest BCUT2D eigenvalue weighted by Gasteiger charge is 2.21. The molecule has 0 unspecified atom stereocenters. The molecule has 0 atom stereocenters. The Balaban J connectivity index is 1.95. The summed E-state index contributed by atoms with van der Waals surface area (Å²) in [5.41, 5.74) is 8.05. The summed E-state index contributed by atoms with van der Waals surface area (Å²) in [4.78, 5) is 23.8. The molecule has 6 heteroatoms. The molecular weight excluding hydrogens is 406 g/mol. The molecule has 1 aliphatic heterocycles. The molecule has 2 aromatic carbocycles. The number of carboxylic acids is 1. The summed E-state index contributed by atoms with van der Waals surface area (Å²) in [5.74, 6) is 0.0897. The van der Waals surface area contributed by atoms with Crippen LogP contribution in [0, 0.1) is 0 Å². The van der Waals surface area contributed by atoms with E-state index >= 15 is 0 Å². The standard InChI is InChI=1S/C26H19NO5/c1-15(27)7-8-16(2)31-18-10-12-22-24(14-18)32-23-13-17(28)9-11-21(23)25(22)19-5-3-4-6-20(19)26(29)30/h3-14H,1-2,27H2,(H,29,30)/b8-7-. The number of nitrogens with two attached hydrogens (primary N) is 1. The number of carboxylic acid groups (broad SMARTS) is 1. The molecule has 2 aromatic rings. The number of allylic oxidation sites excluding steroid dienone is 2. The summed E-state index contributed by atoms with van der Waals surface area (Å²) in [6.45, 7) is 7.40. The van der Waals surface area contributed by atoms with Crippen LogP contribution in [-0.4, -0.2) is 11.1 Å². The summed E-state index contributed by atoms with van der Waals surface area (Å²) in [6, 6.07) is 16.3. The van der Waals surface area contributed by atoms with Crippen LogP contribution in [0.5, 0.6) is 5.75 Å². The summed E-state index contributed by atoms with van der Waals surface area (Å²) in [7, 11) is 0. The van der Waals surface area contributed by atoms with Crippen molar-refractivity contribution in [2.45, 2.75) is 0 Å². The summed E-state index contributed by atoms with van der Waals surface area (Å²) in [6.07, 6.45) is 3.15. The monoisotopic (exact) mass is 425 g/mol. The van der Waals surface area contributed by atoms with E-state index in [-0.39, 0.29) is 11.0 Å². The van der Waals surface area contributed by atoms with E-state index in [1.807, 2.05) is 0 Å². The van der Waals surface area contributed by atoms with Gasteiger partial charge in [0.15, 0.2) is 5.43 Å². The lowest BCUT2D eigenvalue weighted by atomic mass is 9.91. The Bertz CT molecular complexity index is 1440. The first-order valence-electron chi connectivity index (χ1n) is 9.66. The third-order valence-electron chi connectivity index (χ3n) is 4.82. The van der Waals surface area contributed by atoms with Crippen LogP contribution in [-0.2, 0) is 0 Å². The maximum atomic E-state index is 12.0. The lowest BCUT2D eigenvalue weighted by Gasteiger charge is -2.17. The summed E-state index contributed by atoms with van der Waals surface area (Å²) >= 11 is 0. The molecule has 0 bridgehead atoms. The lowest BCUT2D eigenvalue weighted by Crippen LogP contribution is -2.03. The fourth-order valence-corrected chi connectivity index (χ4v) is 3.48. The van der Waals surface area contributed by atoms with Crippen LogP contribution in [0.3, 0.4) is 0 Å². The molecule has 0 aromatic heterocycles. The number of hydrogen-bond donors (Lipinski definition) is 2. The Morgan fingerprint density at radius 1 is 1.00 bits per heavy atom. The van der Waals surface area contributed by atoms with Crippen LogP contribution in [0.2, 0.25) is 0 Å². The molecular formula is C26H19NO5. The molecule has 4 rings (SSSR count). The fourth-order valence-electron chi connectivity index (χ4n) is 3.48. The van der Waals surface area contributed by atoms with Crippen molar-refractivity contribution in [2.75, 3.05) is 0 Å². The third kappa shape index (κ3) is 4.02. The molecule has 0 amide bonds. The Morgan fingerprint density at radius 3 is 2.53 bits per heavy atom. The van der Waals surface area contributed by atoms with Gasteiger partial charge in [-0.3, -0.25) is 4.79 Å². The van der Waals surface area contributed by atoms with Gasteiger partial charge in [0.2, 0.25) is 0 Å². The van der Waals surface area contributed by atoms with Gasteiger partial charge in [-0.2, -0.15) is 0 Å². The predicted molar refractivity (Wildman–Crippen MR) is 124 cm³/mol. The average Bonchev–Trinajstić information content (AvgIpc) is 2.76. The van der Waals surface area contributed by atoms with E-state index in [1.54, 1.807) is 60.7 Å². The summed E-state index contributed by atoms with van der Waals surface area (Å²) in [5, 5.41) is 10.4. The Hall–Kier alpha value is -4.58. The van der Waals surface area contributed by atoms with Crippen molar-refractivity contribution >= 4 is 16.9 Å². The van der Waals surface area contributed by atoms with Crippen molar-refractivity contribution in [2.24, 2.45) is 5.73 Å². The maximum absolute atomic E-state index is 12.0. The van der Waals surface area contributed by atoms with Crippen molar-refractivity contribution in [3.05, 3.63) is 113 Å². The molecule has 3 N–H and O–H groups in total. The molecule has 1 heterocycles. The molecule has 158 valence electrons. The van der Waals surface area contributed by atoms with Gasteiger partial charge in [-0.1, -0.05) is 31.4 Å². The Labute approximate surface area is 183 Å². The lowest BCUT2D eigenvalue weighted by molar-refractivity contribution is 0.0697. The predicted octanol–water partition coefficient (Wildman–Crippen LogP) is 5.18. The van der Waals surface area contributed by atoms with E-state index in [4.69, 9.17) is 14.9 Å². The highest BCUT2D eigenvalue weighted by Crippen LogP contribution is 2.42. The minimum atomic E-state index is -1.05. The quantitative estimate of drug-likeness (QED) is 0.251. The number of aromatic carboxylic acids is 1. The van der Waals surface area contributed by atoms with Gasteiger partial charge in [0, 0.05) is 34.3 Å². The van der Waals surface area contributed by atoms with Crippen molar-refractivity contribution < 1.29 is 19.1 Å². The first-order chi connectivity index (χ1) is 15.3. The fraction of sp³-hybridized carbons (Fsp3) is 0. The van der Waals surface area contributed by atoms with E-state index < -0.39 is 5.97 Å². The molecule has 0 saturated heterocycles. The highest BCUT2D eigenvalue weighted by molar-refractivity contribution is 6.07. The smallest absolute Gasteiger partial charge is 0.336 e. The molecule has 32 heavy (non-hydrogen) atoms. The zero-order chi connectivity index (χ0) is 22.8. The van der Waals surface area contributed by atoms with Crippen molar-refractivity contribution in [1.82, 2.24) is 0 Å². The molecule has 0 radical (unpaired) electrons. The van der Waals surface area contributed by atoms with Crippen LogP contribution in [0.15, 0.2) is 107 Å². The van der Waals surface area contributed by atoms with Crippen LogP contribution in [0.1, 0.15) is 10.4 Å². The van der Waals surface area contributed by atoms with Gasteiger partial charge in [-0.25, -0.2) is 4.79 Å². The number of rotatable bonds is 6. The Morgan fingerprint density at radius 2 is 1.78 bits per heavy atom. The van der Waals surface area contributed by atoms with Crippen LogP contribution in [0.25, 0.3) is 33.4 Å². The van der Waals surface area contributed by atoms with Gasteiger partial charge in [0.1, 0.15) is 22.9 Å². The largest absolute Gasteiger partial charge is 0.478 e. The van der Waals surface area contributed by atoms with E-state index in [1.165, 1.54) is 12.1 Å². The van der Waals surface area contributed by atoms with Crippen LogP contribution >= 0.6 is 0 Å². The van der Waals surface area contributed by atoms with Crippen LogP contribution in [0.4, 0.5) is 0 Å². The van der Waals surface area contributed by atoms with Crippen molar-refractivity contribution in [1.29, 1.82) is 0 Å². The molecule has 0 saturated carbocycles. The van der Waals surface area contributed by atoms with E-state index in [9.17, 15) is 14.7 Å². The van der Waals surface area contributed by atoms with Gasteiger partial charge in [0.25, 0.3) is 0 Å². The minimum absolute atomic E-state index is 0.147. The summed E-state index contributed by atoms with van der Waals surface area (Å²) < 4.78 is 11.7.